The van der Waals surface area contributed by atoms with Gasteiger partial charge < -0.3 is 10.3 Å². The molecule has 9 heteroatoms. The molecule has 0 aliphatic heterocycles. The predicted octanol–water partition coefficient (Wildman–Crippen LogP) is 4.25. The summed E-state index contributed by atoms with van der Waals surface area (Å²) in [6.45, 7) is 7.17. The highest BCUT2D eigenvalue weighted by Crippen LogP contribution is 2.38. The van der Waals surface area contributed by atoms with Crippen LogP contribution in [0.1, 0.15) is 48.7 Å². The van der Waals surface area contributed by atoms with Gasteiger partial charge in [0.1, 0.15) is 10.7 Å². The lowest BCUT2D eigenvalue weighted by atomic mass is 9.89. The molecule has 26 heavy (non-hydrogen) atoms. The molecule has 1 aliphatic carbocycles. The molecule has 4 rings (SSSR count). The molecule has 0 spiro atoms. The number of aromatic nitrogens is 4. The Hall–Kier alpha value is -1.45. The standard InChI is InChI=1S/C17H21N5OS3/c1-4-18-16-21-22-17(26-16)24-9(3)13-19-14(23)12-10-6-5-8(2)7-11(10)25-15(12)20-13/h8-9H,4-7H2,1-3H3,(H,18,21)(H,19,20,23). The highest BCUT2D eigenvalue weighted by atomic mass is 32.2. The monoisotopic (exact) mass is 407 g/mol. The second-order valence-corrected chi connectivity index (χ2v) is 10.3. The van der Waals surface area contributed by atoms with E-state index in [1.807, 2.05) is 13.8 Å². The molecule has 2 N–H and O–H groups in total. The maximum absolute atomic E-state index is 12.7. The number of fused-ring (bicyclic) bond motifs is 3. The van der Waals surface area contributed by atoms with Gasteiger partial charge in [0.25, 0.3) is 5.56 Å². The summed E-state index contributed by atoms with van der Waals surface area (Å²) in [6.07, 6.45) is 3.20. The highest BCUT2D eigenvalue weighted by molar-refractivity contribution is 8.01. The molecule has 3 heterocycles. The molecule has 0 aromatic carbocycles. The second-order valence-electron chi connectivity index (χ2n) is 6.65. The summed E-state index contributed by atoms with van der Waals surface area (Å²) in [5.74, 6) is 1.39. The van der Waals surface area contributed by atoms with E-state index >= 15 is 0 Å². The molecule has 0 saturated heterocycles. The van der Waals surface area contributed by atoms with Crippen LogP contribution in [-0.2, 0) is 12.8 Å². The third kappa shape index (κ3) is 3.39. The first-order valence-corrected chi connectivity index (χ1v) is 11.3. The van der Waals surface area contributed by atoms with Crippen molar-refractivity contribution < 1.29 is 0 Å². The van der Waals surface area contributed by atoms with E-state index in [9.17, 15) is 4.79 Å². The van der Waals surface area contributed by atoms with Crippen LogP contribution < -0.4 is 10.9 Å². The quantitative estimate of drug-likeness (QED) is 0.615. The van der Waals surface area contributed by atoms with Gasteiger partial charge in [-0.2, -0.15) is 0 Å². The maximum Gasteiger partial charge on any atom is 0.259 e. The molecule has 0 bridgehead atoms. The summed E-state index contributed by atoms with van der Waals surface area (Å²) in [4.78, 5) is 22.7. The average Bonchev–Trinajstić information content (AvgIpc) is 3.18. The van der Waals surface area contributed by atoms with E-state index in [4.69, 9.17) is 4.98 Å². The number of hydrogen-bond acceptors (Lipinski definition) is 8. The summed E-state index contributed by atoms with van der Waals surface area (Å²) in [6, 6.07) is 0. The fourth-order valence-corrected chi connectivity index (χ4v) is 6.66. The average molecular weight is 408 g/mol. The van der Waals surface area contributed by atoms with Crippen molar-refractivity contribution in [3.05, 3.63) is 26.6 Å². The van der Waals surface area contributed by atoms with Gasteiger partial charge in [-0.25, -0.2) is 4.98 Å². The smallest absolute Gasteiger partial charge is 0.259 e. The van der Waals surface area contributed by atoms with E-state index in [1.54, 1.807) is 23.1 Å². The Morgan fingerprint density at radius 1 is 1.38 bits per heavy atom. The molecule has 2 unspecified atom stereocenters. The third-order valence-electron chi connectivity index (χ3n) is 4.58. The lowest BCUT2D eigenvalue weighted by Crippen LogP contribution is -2.15. The number of thiophene rings is 1. The third-order valence-corrected chi connectivity index (χ3v) is 7.80. The summed E-state index contributed by atoms with van der Waals surface area (Å²) in [7, 11) is 0. The van der Waals surface area contributed by atoms with Crippen molar-refractivity contribution in [1.29, 1.82) is 0 Å². The molecule has 1 aliphatic rings. The molecular weight excluding hydrogens is 386 g/mol. The highest BCUT2D eigenvalue weighted by Gasteiger charge is 2.24. The molecule has 2 atom stereocenters. The van der Waals surface area contributed by atoms with Gasteiger partial charge in [-0.05, 0) is 44.6 Å². The van der Waals surface area contributed by atoms with Gasteiger partial charge in [-0.3, -0.25) is 4.79 Å². The first kappa shape index (κ1) is 17.9. The summed E-state index contributed by atoms with van der Waals surface area (Å²) < 4.78 is 0.871. The number of H-pyrrole nitrogens is 1. The Balaban J connectivity index is 1.63. The first-order valence-electron chi connectivity index (χ1n) is 8.83. The molecule has 0 amide bonds. The van der Waals surface area contributed by atoms with Crippen LogP contribution in [0.25, 0.3) is 10.2 Å². The Kier molecular flexibility index (Phi) is 5.02. The van der Waals surface area contributed by atoms with Crippen LogP contribution in [0, 0.1) is 5.92 Å². The first-order chi connectivity index (χ1) is 12.5. The maximum atomic E-state index is 12.7. The largest absolute Gasteiger partial charge is 0.360 e. The summed E-state index contributed by atoms with van der Waals surface area (Å²) >= 11 is 4.79. The van der Waals surface area contributed by atoms with Crippen molar-refractivity contribution >= 4 is 49.8 Å². The molecule has 6 nitrogen and oxygen atoms in total. The van der Waals surface area contributed by atoms with Crippen molar-refractivity contribution in [3.8, 4) is 0 Å². The minimum absolute atomic E-state index is 0.00453. The second kappa shape index (κ2) is 7.28. The van der Waals surface area contributed by atoms with Gasteiger partial charge in [0.2, 0.25) is 5.13 Å². The van der Waals surface area contributed by atoms with E-state index in [2.05, 4.69) is 27.4 Å². The summed E-state index contributed by atoms with van der Waals surface area (Å²) in [5.41, 5.74) is 1.22. The van der Waals surface area contributed by atoms with Crippen LogP contribution in [0.3, 0.4) is 0 Å². The fourth-order valence-electron chi connectivity index (χ4n) is 3.25. The molecule has 138 valence electrons. The van der Waals surface area contributed by atoms with Gasteiger partial charge in [0.15, 0.2) is 4.34 Å². The SMILES string of the molecule is CCNc1nnc(SC(C)c2nc3sc4c(c3c(=O)[nH]2)CCC(C)C4)s1. The molecule has 3 aromatic rings. The number of hydrogen-bond donors (Lipinski definition) is 2. The number of nitrogens with zero attached hydrogens (tertiary/aromatic N) is 3. The Bertz CT molecular complexity index is 992. The zero-order valence-corrected chi connectivity index (χ0v) is 17.4. The Morgan fingerprint density at radius 2 is 2.23 bits per heavy atom. The Labute approximate surface area is 163 Å². The molecular formula is C17H21N5OS3. The number of aromatic amines is 1. The predicted molar refractivity (Wildman–Crippen MR) is 110 cm³/mol. The minimum Gasteiger partial charge on any atom is -0.360 e. The van der Waals surface area contributed by atoms with Gasteiger partial charge in [-0.1, -0.05) is 30.0 Å². The van der Waals surface area contributed by atoms with E-state index in [-0.39, 0.29) is 10.8 Å². The van der Waals surface area contributed by atoms with Gasteiger partial charge in [0, 0.05) is 11.4 Å². The van der Waals surface area contributed by atoms with Crippen LogP contribution in [-0.4, -0.2) is 26.7 Å². The van der Waals surface area contributed by atoms with E-state index < -0.39 is 0 Å². The van der Waals surface area contributed by atoms with Crippen LogP contribution in [0.5, 0.6) is 0 Å². The number of nitrogens with one attached hydrogen (secondary N) is 2. The Morgan fingerprint density at radius 3 is 3.04 bits per heavy atom. The normalized spacial score (nSPS) is 18.0. The number of anilines is 1. The zero-order valence-electron chi connectivity index (χ0n) is 15.0. The molecule has 0 fully saturated rings. The van der Waals surface area contributed by atoms with Gasteiger partial charge >= 0.3 is 0 Å². The fraction of sp³-hybridized carbons (Fsp3) is 0.529. The van der Waals surface area contributed by atoms with Gasteiger partial charge in [0.05, 0.1) is 10.6 Å². The summed E-state index contributed by atoms with van der Waals surface area (Å²) in [5, 5.41) is 13.1. The van der Waals surface area contributed by atoms with Crippen molar-refractivity contribution in [2.45, 2.75) is 49.6 Å². The lowest BCUT2D eigenvalue weighted by molar-refractivity contribution is 0.509. The van der Waals surface area contributed by atoms with Crippen molar-refractivity contribution in [2.24, 2.45) is 5.92 Å². The number of thioether (sulfide) groups is 1. The van der Waals surface area contributed by atoms with Crippen molar-refractivity contribution in [2.75, 3.05) is 11.9 Å². The molecule has 3 aromatic heterocycles. The van der Waals surface area contributed by atoms with Crippen LogP contribution in [0.15, 0.2) is 9.13 Å². The lowest BCUT2D eigenvalue weighted by Gasteiger charge is -2.17. The van der Waals surface area contributed by atoms with Gasteiger partial charge in [-0.15, -0.1) is 21.5 Å². The molecule has 0 saturated carbocycles. The van der Waals surface area contributed by atoms with Crippen LogP contribution >= 0.6 is 34.4 Å². The number of rotatable bonds is 5. The minimum atomic E-state index is -0.00453. The van der Waals surface area contributed by atoms with E-state index in [0.29, 0.717) is 11.7 Å². The van der Waals surface area contributed by atoms with Crippen molar-refractivity contribution in [1.82, 2.24) is 20.2 Å². The van der Waals surface area contributed by atoms with Crippen molar-refractivity contribution in [3.63, 3.8) is 0 Å². The van der Waals surface area contributed by atoms with E-state index in [1.165, 1.54) is 21.8 Å². The number of aryl methyl sites for hydroxylation is 1. The van der Waals surface area contributed by atoms with Crippen LogP contribution in [0.2, 0.25) is 0 Å². The zero-order chi connectivity index (χ0) is 18.3. The molecule has 0 radical (unpaired) electrons. The van der Waals surface area contributed by atoms with Crippen LogP contribution in [0.4, 0.5) is 5.13 Å². The topological polar surface area (TPSA) is 83.6 Å². The van der Waals surface area contributed by atoms with E-state index in [0.717, 1.165) is 45.5 Å².